The zero-order valence-corrected chi connectivity index (χ0v) is 20.2. The van der Waals surface area contributed by atoms with Crippen LogP contribution < -0.4 is 5.32 Å². The number of amides is 2. The maximum Gasteiger partial charge on any atom is 0.274 e. The number of pyridine rings is 1. The molecule has 5 aliphatic rings. The summed E-state index contributed by atoms with van der Waals surface area (Å²) in [5.74, 6) is 2.42. The zero-order chi connectivity index (χ0) is 23.7. The van der Waals surface area contributed by atoms with E-state index >= 15 is 0 Å². The van der Waals surface area contributed by atoms with Crippen LogP contribution in [0, 0.1) is 23.2 Å². The minimum Gasteiger partial charge on any atom is -0.351 e. The van der Waals surface area contributed by atoms with Crippen LogP contribution in [0.25, 0.3) is 5.52 Å². The quantitative estimate of drug-likeness (QED) is 0.632. The largest absolute Gasteiger partial charge is 0.351 e. The van der Waals surface area contributed by atoms with Crippen molar-refractivity contribution in [3.05, 3.63) is 53.1 Å². The summed E-state index contributed by atoms with van der Waals surface area (Å²) in [7, 11) is 1.94. The van der Waals surface area contributed by atoms with Crippen LogP contribution in [-0.4, -0.2) is 49.2 Å². The van der Waals surface area contributed by atoms with Gasteiger partial charge in [-0.2, -0.15) is 10.2 Å². The fraction of sp³-hybridized carbons (Fsp3) is 0.556. The smallest absolute Gasteiger partial charge is 0.274 e. The first-order chi connectivity index (χ1) is 17.0. The molecule has 8 heteroatoms. The predicted molar refractivity (Wildman–Crippen MR) is 130 cm³/mol. The standard InChI is InChI=1S/C27H32N6O2/c1-31-23-4-6-32(15-20(23)14-29-31)26(35)22-10-24-21(3-2-5-33(24)30-22)25(34)28-16-27-11-17-7-18(12-27)9-19(8-17)13-27/h2-3,5,10,14,17-19H,4,6-9,11-13,15-16H2,1H3,(H,28,34). The Balaban J connectivity index is 1.09. The lowest BCUT2D eigenvalue weighted by atomic mass is 9.49. The van der Waals surface area contributed by atoms with Crippen molar-refractivity contribution in [2.24, 2.45) is 30.2 Å². The summed E-state index contributed by atoms with van der Waals surface area (Å²) in [6.45, 7) is 1.93. The highest BCUT2D eigenvalue weighted by Crippen LogP contribution is 2.59. The number of aryl methyl sites for hydroxylation is 1. The first-order valence-electron chi connectivity index (χ1n) is 13.0. The molecule has 1 N–H and O–H groups in total. The number of nitrogens with one attached hydrogen (secondary N) is 1. The van der Waals surface area contributed by atoms with Crippen molar-refractivity contribution < 1.29 is 9.59 Å². The van der Waals surface area contributed by atoms with Gasteiger partial charge in [0.05, 0.1) is 17.3 Å². The Labute approximate surface area is 204 Å². The SMILES string of the molecule is Cn1ncc2c1CCN(C(=O)c1cc3c(C(=O)NCC45CC6CC(CC(C6)C4)C5)cccn3n1)C2. The van der Waals surface area contributed by atoms with Gasteiger partial charge in [-0.25, -0.2) is 4.52 Å². The van der Waals surface area contributed by atoms with Gasteiger partial charge in [-0.15, -0.1) is 0 Å². The van der Waals surface area contributed by atoms with Crippen LogP contribution >= 0.6 is 0 Å². The van der Waals surface area contributed by atoms with E-state index in [-0.39, 0.29) is 17.2 Å². The molecule has 4 saturated carbocycles. The number of carbonyl (C=O) groups excluding carboxylic acids is 2. The Morgan fingerprint density at radius 1 is 1.14 bits per heavy atom. The first kappa shape index (κ1) is 21.1. The minimum atomic E-state index is -0.108. The van der Waals surface area contributed by atoms with Crippen molar-refractivity contribution in [1.29, 1.82) is 0 Å². The normalized spacial score (nSPS) is 28.9. The highest BCUT2D eigenvalue weighted by molar-refractivity contribution is 6.02. The zero-order valence-electron chi connectivity index (χ0n) is 20.2. The molecule has 35 heavy (non-hydrogen) atoms. The molecule has 182 valence electrons. The molecular weight excluding hydrogens is 440 g/mol. The van der Waals surface area contributed by atoms with Crippen LogP contribution in [0.5, 0.6) is 0 Å². The summed E-state index contributed by atoms with van der Waals surface area (Å²) < 4.78 is 3.54. The average Bonchev–Trinajstić information content (AvgIpc) is 3.44. The molecule has 1 aliphatic heterocycles. The maximum atomic E-state index is 13.3. The van der Waals surface area contributed by atoms with Gasteiger partial charge in [0.15, 0.2) is 5.69 Å². The Bertz CT molecular complexity index is 1300. The van der Waals surface area contributed by atoms with Gasteiger partial charge in [0, 0.05) is 50.6 Å². The van der Waals surface area contributed by atoms with Crippen molar-refractivity contribution in [3.63, 3.8) is 0 Å². The Morgan fingerprint density at radius 3 is 2.63 bits per heavy atom. The summed E-state index contributed by atoms with van der Waals surface area (Å²) in [5.41, 5.74) is 4.19. The number of carbonyl (C=O) groups is 2. The molecule has 4 heterocycles. The van der Waals surface area contributed by atoms with E-state index < -0.39 is 0 Å². The third-order valence-electron chi connectivity index (χ3n) is 9.17. The van der Waals surface area contributed by atoms with E-state index in [1.165, 1.54) is 44.2 Å². The number of fused-ring (bicyclic) bond motifs is 2. The van der Waals surface area contributed by atoms with Crippen LogP contribution in [-0.2, 0) is 20.0 Å². The van der Waals surface area contributed by atoms with E-state index in [0.717, 1.165) is 36.3 Å². The van der Waals surface area contributed by atoms with E-state index in [9.17, 15) is 9.59 Å². The molecule has 0 atom stereocenters. The van der Waals surface area contributed by atoms with Gasteiger partial charge in [-0.1, -0.05) is 0 Å². The van der Waals surface area contributed by atoms with Crippen molar-refractivity contribution in [1.82, 2.24) is 29.6 Å². The number of rotatable bonds is 4. The Kier molecular flexibility index (Phi) is 4.63. The van der Waals surface area contributed by atoms with Crippen molar-refractivity contribution in [3.8, 4) is 0 Å². The summed E-state index contributed by atoms with van der Waals surface area (Å²) in [6, 6.07) is 5.43. The second-order valence-electron chi connectivity index (χ2n) is 11.6. The summed E-state index contributed by atoms with van der Waals surface area (Å²) in [6.07, 6.45) is 12.4. The summed E-state index contributed by atoms with van der Waals surface area (Å²) >= 11 is 0. The van der Waals surface area contributed by atoms with Gasteiger partial charge in [-0.3, -0.25) is 14.3 Å². The number of hydrogen-bond donors (Lipinski definition) is 1. The third-order valence-corrected chi connectivity index (χ3v) is 9.17. The maximum absolute atomic E-state index is 13.3. The van der Waals surface area contributed by atoms with E-state index in [4.69, 9.17) is 0 Å². The van der Waals surface area contributed by atoms with Gasteiger partial charge in [0.1, 0.15) is 0 Å². The molecule has 8 nitrogen and oxygen atoms in total. The van der Waals surface area contributed by atoms with Crippen molar-refractivity contribution in [2.75, 3.05) is 13.1 Å². The fourth-order valence-corrected chi connectivity index (χ4v) is 8.01. The molecule has 4 aliphatic carbocycles. The average molecular weight is 473 g/mol. The summed E-state index contributed by atoms with van der Waals surface area (Å²) in [5, 5.41) is 12.1. The molecule has 0 spiro atoms. The van der Waals surface area contributed by atoms with Crippen LogP contribution in [0.15, 0.2) is 30.6 Å². The second kappa shape index (κ2) is 7.67. The van der Waals surface area contributed by atoms with Gasteiger partial charge in [0.2, 0.25) is 0 Å². The van der Waals surface area contributed by atoms with Gasteiger partial charge in [0.25, 0.3) is 11.8 Å². The number of aromatic nitrogens is 4. The molecule has 3 aromatic rings. The Morgan fingerprint density at radius 2 is 1.89 bits per heavy atom. The highest BCUT2D eigenvalue weighted by atomic mass is 16.2. The van der Waals surface area contributed by atoms with E-state index in [2.05, 4.69) is 15.5 Å². The molecule has 2 amide bonds. The van der Waals surface area contributed by atoms with Crippen LogP contribution in [0.4, 0.5) is 0 Å². The number of hydrogen-bond acceptors (Lipinski definition) is 4. The fourth-order valence-electron chi connectivity index (χ4n) is 8.01. The van der Waals surface area contributed by atoms with Gasteiger partial charge >= 0.3 is 0 Å². The van der Waals surface area contributed by atoms with Gasteiger partial charge in [-0.05, 0) is 79.9 Å². The highest BCUT2D eigenvalue weighted by Gasteiger charge is 2.50. The topological polar surface area (TPSA) is 84.5 Å². The molecule has 0 saturated heterocycles. The van der Waals surface area contributed by atoms with Crippen molar-refractivity contribution >= 4 is 17.3 Å². The predicted octanol–water partition coefficient (Wildman–Crippen LogP) is 3.21. The first-order valence-corrected chi connectivity index (χ1v) is 13.0. The lowest BCUT2D eigenvalue weighted by Crippen LogP contribution is -2.51. The molecule has 8 rings (SSSR count). The molecular formula is C27H32N6O2. The lowest BCUT2D eigenvalue weighted by molar-refractivity contribution is -0.0503. The Hall–Kier alpha value is -3.16. The molecule has 4 fully saturated rings. The van der Waals surface area contributed by atoms with E-state index in [0.29, 0.717) is 29.9 Å². The molecule has 0 aromatic carbocycles. The monoisotopic (exact) mass is 472 g/mol. The molecule has 0 unspecified atom stereocenters. The summed E-state index contributed by atoms with van der Waals surface area (Å²) in [4.78, 5) is 28.4. The molecule has 4 bridgehead atoms. The van der Waals surface area contributed by atoms with Crippen LogP contribution in [0.2, 0.25) is 0 Å². The van der Waals surface area contributed by atoms with Crippen LogP contribution in [0.3, 0.4) is 0 Å². The molecule has 3 aromatic heterocycles. The second-order valence-corrected chi connectivity index (χ2v) is 11.6. The van der Waals surface area contributed by atoms with Crippen LogP contribution in [0.1, 0.15) is 70.6 Å². The minimum absolute atomic E-state index is 0.0665. The van der Waals surface area contributed by atoms with E-state index in [1.807, 2.05) is 35.0 Å². The van der Waals surface area contributed by atoms with Crippen molar-refractivity contribution in [2.45, 2.75) is 51.5 Å². The molecule has 0 radical (unpaired) electrons. The third kappa shape index (κ3) is 3.48. The number of nitrogens with zero attached hydrogens (tertiary/aromatic N) is 5. The van der Waals surface area contributed by atoms with Gasteiger partial charge < -0.3 is 10.2 Å². The van der Waals surface area contributed by atoms with E-state index in [1.54, 1.807) is 16.8 Å². The lowest BCUT2D eigenvalue weighted by Gasteiger charge is -2.56.